The van der Waals surface area contributed by atoms with Gasteiger partial charge in [0, 0.05) is 32.7 Å². The van der Waals surface area contributed by atoms with Crippen molar-refractivity contribution in [2.24, 2.45) is 7.05 Å². The number of morpholine rings is 1. The van der Waals surface area contributed by atoms with Crippen molar-refractivity contribution in [1.29, 1.82) is 0 Å². The van der Waals surface area contributed by atoms with Crippen LogP contribution in [0.5, 0.6) is 0 Å². The number of hydrogen-bond acceptors (Lipinski definition) is 9. The summed E-state index contributed by atoms with van der Waals surface area (Å²) in [4.78, 5) is 44.3. The molecule has 2 aromatic heterocycles. The number of ether oxygens (including phenoxy) is 1. The highest BCUT2D eigenvalue weighted by atomic mass is 16.5. The summed E-state index contributed by atoms with van der Waals surface area (Å²) in [5.74, 6) is -0.997. The minimum atomic E-state index is -0.695. The van der Waals surface area contributed by atoms with Crippen LogP contribution in [0.25, 0.3) is 17.2 Å². The molecule has 12 nitrogen and oxygen atoms in total. The van der Waals surface area contributed by atoms with E-state index in [1.165, 1.54) is 7.05 Å². The molecule has 1 amide bonds. The van der Waals surface area contributed by atoms with E-state index in [2.05, 4.69) is 25.5 Å². The van der Waals surface area contributed by atoms with Crippen molar-refractivity contribution in [2.75, 3.05) is 32.8 Å². The molecule has 0 bridgehead atoms. The first-order valence-corrected chi connectivity index (χ1v) is 11.1. The van der Waals surface area contributed by atoms with Crippen LogP contribution in [0.15, 0.2) is 38.4 Å². The van der Waals surface area contributed by atoms with Gasteiger partial charge in [-0.1, -0.05) is 29.8 Å². The Hall–Kier alpha value is -3.64. The highest BCUT2D eigenvalue weighted by molar-refractivity contribution is 5.90. The Morgan fingerprint density at radius 2 is 1.88 bits per heavy atom. The molecule has 34 heavy (non-hydrogen) atoms. The summed E-state index contributed by atoms with van der Waals surface area (Å²) in [5, 5.41) is 10.8. The van der Waals surface area contributed by atoms with E-state index in [0.29, 0.717) is 31.9 Å². The molecule has 0 unspecified atom stereocenters. The quantitative estimate of drug-likeness (QED) is 0.512. The average Bonchev–Trinajstić information content (AvgIpc) is 3.34. The largest absolute Gasteiger partial charge is 0.379 e. The lowest BCUT2D eigenvalue weighted by molar-refractivity contribution is 0.0330. The molecule has 1 aliphatic rings. The first-order valence-electron chi connectivity index (χ1n) is 11.1. The SMILES string of the molecule is CC[C@@H](CN1CCOCC1)NC(=O)c1nc(-c2nn(-c3ccc(C)cc3)c(=O)n(C)c2=O)no1. The summed E-state index contributed by atoms with van der Waals surface area (Å²) in [7, 11) is 1.34. The van der Waals surface area contributed by atoms with Gasteiger partial charge in [0.05, 0.1) is 18.9 Å². The van der Waals surface area contributed by atoms with Crippen molar-refractivity contribution in [1.82, 2.24) is 34.7 Å². The fourth-order valence-corrected chi connectivity index (χ4v) is 3.60. The smallest absolute Gasteiger partial charge is 0.351 e. The first-order chi connectivity index (χ1) is 16.4. The second-order valence-electron chi connectivity index (χ2n) is 8.16. The van der Waals surface area contributed by atoms with Gasteiger partial charge in [-0.15, -0.1) is 0 Å². The molecule has 180 valence electrons. The summed E-state index contributed by atoms with van der Waals surface area (Å²) >= 11 is 0. The van der Waals surface area contributed by atoms with Crippen molar-refractivity contribution in [3.63, 3.8) is 0 Å². The van der Waals surface area contributed by atoms with E-state index in [4.69, 9.17) is 9.26 Å². The summed E-state index contributed by atoms with van der Waals surface area (Å²) in [6, 6.07) is 6.97. The molecule has 1 atom stereocenters. The van der Waals surface area contributed by atoms with Crippen molar-refractivity contribution in [2.45, 2.75) is 26.3 Å². The van der Waals surface area contributed by atoms with Gasteiger partial charge in [0.2, 0.25) is 5.82 Å². The van der Waals surface area contributed by atoms with Crippen molar-refractivity contribution >= 4 is 5.91 Å². The minimum absolute atomic E-state index is 0.115. The Labute approximate surface area is 195 Å². The molecule has 0 saturated carbocycles. The number of aromatic nitrogens is 5. The lowest BCUT2D eigenvalue weighted by Crippen LogP contribution is -2.47. The van der Waals surface area contributed by atoms with Crippen LogP contribution in [0.2, 0.25) is 0 Å². The molecular weight excluding hydrogens is 442 g/mol. The van der Waals surface area contributed by atoms with Gasteiger partial charge in [0.1, 0.15) is 0 Å². The predicted octanol–water partition coefficient (Wildman–Crippen LogP) is 0.130. The Morgan fingerprint density at radius 3 is 2.56 bits per heavy atom. The molecule has 1 aromatic carbocycles. The summed E-state index contributed by atoms with van der Waals surface area (Å²) in [6.45, 7) is 7.53. The van der Waals surface area contributed by atoms with Crippen LogP contribution in [-0.2, 0) is 11.8 Å². The van der Waals surface area contributed by atoms with Crippen LogP contribution in [0.3, 0.4) is 0 Å². The normalized spacial score (nSPS) is 15.3. The summed E-state index contributed by atoms with van der Waals surface area (Å²) in [5.41, 5.74) is -0.0313. The zero-order valence-electron chi connectivity index (χ0n) is 19.4. The van der Waals surface area contributed by atoms with Crippen LogP contribution in [-0.4, -0.2) is 74.2 Å². The third kappa shape index (κ3) is 4.97. The maximum atomic E-state index is 12.7. The molecule has 1 aliphatic heterocycles. The van der Waals surface area contributed by atoms with E-state index in [1.807, 2.05) is 26.0 Å². The number of benzene rings is 1. The molecule has 3 aromatic rings. The number of rotatable bonds is 7. The summed E-state index contributed by atoms with van der Waals surface area (Å²) in [6.07, 6.45) is 0.716. The van der Waals surface area contributed by atoms with E-state index >= 15 is 0 Å². The van der Waals surface area contributed by atoms with Gasteiger partial charge in [-0.3, -0.25) is 19.1 Å². The van der Waals surface area contributed by atoms with Gasteiger partial charge in [0.15, 0.2) is 5.69 Å². The second-order valence-corrected chi connectivity index (χ2v) is 8.16. The van der Waals surface area contributed by atoms with Gasteiger partial charge in [-0.05, 0) is 25.5 Å². The number of carbonyl (C=O) groups is 1. The number of aryl methyl sites for hydroxylation is 1. The molecule has 0 radical (unpaired) electrons. The Kier molecular flexibility index (Phi) is 6.98. The van der Waals surface area contributed by atoms with Gasteiger partial charge < -0.3 is 14.6 Å². The molecule has 1 N–H and O–H groups in total. The molecule has 0 spiro atoms. The minimum Gasteiger partial charge on any atom is -0.379 e. The van der Waals surface area contributed by atoms with E-state index in [1.54, 1.807) is 12.1 Å². The molecule has 1 saturated heterocycles. The van der Waals surface area contributed by atoms with Gasteiger partial charge in [0.25, 0.3) is 5.56 Å². The number of nitrogens with one attached hydrogen (secondary N) is 1. The van der Waals surface area contributed by atoms with Gasteiger partial charge >= 0.3 is 17.5 Å². The van der Waals surface area contributed by atoms with Crippen LogP contribution < -0.4 is 16.6 Å². The molecule has 3 heterocycles. The monoisotopic (exact) mass is 469 g/mol. The molecule has 1 fully saturated rings. The standard InChI is InChI=1S/C22H27N7O5/c1-4-15(13-28-9-11-33-12-10-28)23-19(30)20-24-18(26-34-20)17-21(31)27(3)22(32)29(25-17)16-7-5-14(2)6-8-16/h5-8,15H,4,9-13H2,1-3H3,(H,23,30)/t15-/m0/s1. The van der Waals surface area contributed by atoms with E-state index in [0.717, 1.165) is 27.9 Å². The van der Waals surface area contributed by atoms with E-state index in [-0.39, 0.29) is 23.5 Å². The highest BCUT2D eigenvalue weighted by Crippen LogP contribution is 2.11. The Bertz CT molecular complexity index is 1270. The van der Waals surface area contributed by atoms with Gasteiger partial charge in [-0.2, -0.15) is 14.8 Å². The molecule has 12 heteroatoms. The number of carbonyl (C=O) groups excluding carboxylic acids is 1. The zero-order chi connectivity index (χ0) is 24.2. The second kappa shape index (κ2) is 10.1. The van der Waals surface area contributed by atoms with Crippen molar-refractivity contribution in [3.05, 3.63) is 56.6 Å². The molecule has 0 aliphatic carbocycles. The summed E-state index contributed by atoms with van der Waals surface area (Å²) < 4.78 is 12.5. The van der Waals surface area contributed by atoms with Crippen LogP contribution in [0.4, 0.5) is 0 Å². The van der Waals surface area contributed by atoms with Crippen LogP contribution >= 0.6 is 0 Å². The fraction of sp³-hybridized carbons (Fsp3) is 0.455. The maximum Gasteiger partial charge on any atom is 0.351 e. The average molecular weight is 470 g/mol. The highest BCUT2D eigenvalue weighted by Gasteiger charge is 2.24. The van der Waals surface area contributed by atoms with E-state index < -0.39 is 17.2 Å². The molecule has 4 rings (SSSR count). The van der Waals surface area contributed by atoms with Crippen LogP contribution in [0.1, 0.15) is 29.6 Å². The third-order valence-corrected chi connectivity index (χ3v) is 5.70. The van der Waals surface area contributed by atoms with Crippen molar-refractivity contribution < 1.29 is 14.1 Å². The van der Waals surface area contributed by atoms with E-state index in [9.17, 15) is 14.4 Å². The first kappa shape index (κ1) is 23.5. The predicted molar refractivity (Wildman–Crippen MR) is 122 cm³/mol. The van der Waals surface area contributed by atoms with Crippen molar-refractivity contribution in [3.8, 4) is 17.2 Å². The van der Waals surface area contributed by atoms with Crippen LogP contribution in [0, 0.1) is 6.92 Å². The number of nitrogens with zero attached hydrogens (tertiary/aromatic N) is 6. The lowest BCUT2D eigenvalue weighted by Gasteiger charge is -2.30. The topological polar surface area (TPSA) is 137 Å². The Morgan fingerprint density at radius 1 is 1.18 bits per heavy atom. The Balaban J connectivity index is 1.57. The number of hydrogen-bond donors (Lipinski definition) is 1. The lowest BCUT2D eigenvalue weighted by atomic mass is 10.2. The number of amides is 1. The maximum absolute atomic E-state index is 12.7. The fourth-order valence-electron chi connectivity index (χ4n) is 3.60. The zero-order valence-corrected chi connectivity index (χ0v) is 19.4. The third-order valence-electron chi connectivity index (χ3n) is 5.70. The van der Waals surface area contributed by atoms with Gasteiger partial charge in [-0.25, -0.2) is 4.79 Å². The molecular formula is C22H27N7O5.